The highest BCUT2D eigenvalue weighted by Gasteiger charge is 2.13. The maximum Gasteiger partial charge on any atom is 0.226 e. The molecule has 0 fully saturated rings. The molecule has 0 aliphatic carbocycles. The summed E-state index contributed by atoms with van der Waals surface area (Å²) in [7, 11) is 0. The van der Waals surface area contributed by atoms with E-state index in [2.05, 4.69) is 15.6 Å². The van der Waals surface area contributed by atoms with Gasteiger partial charge in [-0.3, -0.25) is 4.79 Å². The minimum absolute atomic E-state index is 0.138. The number of amides is 1. The van der Waals surface area contributed by atoms with Crippen LogP contribution in [-0.2, 0) is 17.8 Å². The number of nitrogens with one attached hydrogen (secondary N) is 1. The van der Waals surface area contributed by atoms with E-state index in [4.69, 9.17) is 20.6 Å². The lowest BCUT2D eigenvalue weighted by Gasteiger charge is -2.00. The Labute approximate surface area is 153 Å². The third-order valence-corrected chi connectivity index (χ3v) is 4.19. The van der Waals surface area contributed by atoms with Gasteiger partial charge in [-0.2, -0.15) is 0 Å². The Morgan fingerprint density at radius 3 is 2.69 bits per heavy atom. The van der Waals surface area contributed by atoms with E-state index in [0.29, 0.717) is 27.8 Å². The Bertz CT molecular complexity index is 1050. The standard InChI is InChI=1S/C19H14ClN3O3/c20-13-7-5-12(6-8-13)18-9-14(22-26-18)11-21-19(24)10-16-15-3-1-2-4-17(15)25-23-16/h1-9H,10-11H2,(H,21,24). The molecule has 0 aliphatic heterocycles. The van der Waals surface area contributed by atoms with Crippen molar-refractivity contribution in [1.82, 2.24) is 15.6 Å². The molecule has 26 heavy (non-hydrogen) atoms. The second-order valence-electron chi connectivity index (χ2n) is 5.77. The summed E-state index contributed by atoms with van der Waals surface area (Å²) in [4.78, 5) is 12.2. The average Bonchev–Trinajstić information content (AvgIpc) is 3.28. The highest BCUT2D eigenvalue weighted by molar-refractivity contribution is 6.30. The van der Waals surface area contributed by atoms with E-state index in [-0.39, 0.29) is 18.9 Å². The fraction of sp³-hybridized carbons (Fsp3) is 0.105. The first-order chi connectivity index (χ1) is 12.7. The fourth-order valence-electron chi connectivity index (χ4n) is 2.61. The molecule has 4 rings (SSSR count). The summed E-state index contributed by atoms with van der Waals surface area (Å²) in [6.07, 6.45) is 0.138. The predicted octanol–water partition coefficient (Wildman–Crippen LogP) is 4.00. The molecule has 0 spiro atoms. The number of rotatable bonds is 5. The van der Waals surface area contributed by atoms with Crippen molar-refractivity contribution in [2.45, 2.75) is 13.0 Å². The normalized spacial score (nSPS) is 11.0. The van der Waals surface area contributed by atoms with E-state index < -0.39 is 0 Å². The maximum absolute atomic E-state index is 12.2. The van der Waals surface area contributed by atoms with Gasteiger partial charge in [-0.1, -0.05) is 34.0 Å². The molecule has 2 heterocycles. The van der Waals surface area contributed by atoms with Crippen molar-refractivity contribution >= 4 is 28.5 Å². The van der Waals surface area contributed by atoms with Crippen LogP contribution < -0.4 is 5.32 Å². The van der Waals surface area contributed by atoms with Crippen LogP contribution in [0.15, 0.2) is 63.6 Å². The van der Waals surface area contributed by atoms with E-state index in [9.17, 15) is 4.79 Å². The number of aromatic nitrogens is 2. The lowest BCUT2D eigenvalue weighted by molar-refractivity contribution is -0.120. The number of fused-ring (bicyclic) bond motifs is 1. The number of hydrogen-bond acceptors (Lipinski definition) is 5. The third-order valence-electron chi connectivity index (χ3n) is 3.93. The van der Waals surface area contributed by atoms with Gasteiger partial charge < -0.3 is 14.4 Å². The van der Waals surface area contributed by atoms with Crippen LogP contribution in [0.5, 0.6) is 0 Å². The summed E-state index contributed by atoms with van der Waals surface area (Å²) >= 11 is 5.88. The highest BCUT2D eigenvalue weighted by atomic mass is 35.5. The van der Waals surface area contributed by atoms with Crippen molar-refractivity contribution in [2.75, 3.05) is 0 Å². The summed E-state index contributed by atoms with van der Waals surface area (Å²) in [5, 5.41) is 12.2. The van der Waals surface area contributed by atoms with Gasteiger partial charge in [-0.25, -0.2) is 0 Å². The largest absolute Gasteiger partial charge is 0.356 e. The van der Waals surface area contributed by atoms with Crippen molar-refractivity contribution < 1.29 is 13.8 Å². The van der Waals surface area contributed by atoms with Crippen LogP contribution in [0.25, 0.3) is 22.3 Å². The Balaban J connectivity index is 1.38. The molecule has 2 aromatic carbocycles. The van der Waals surface area contributed by atoms with Crippen LogP contribution in [0, 0.1) is 0 Å². The second-order valence-corrected chi connectivity index (χ2v) is 6.20. The van der Waals surface area contributed by atoms with E-state index in [0.717, 1.165) is 10.9 Å². The fourth-order valence-corrected chi connectivity index (χ4v) is 2.74. The zero-order valence-corrected chi connectivity index (χ0v) is 14.4. The minimum atomic E-state index is -0.167. The van der Waals surface area contributed by atoms with Gasteiger partial charge in [0, 0.05) is 22.0 Å². The first kappa shape index (κ1) is 16.4. The number of carbonyl (C=O) groups excluding carboxylic acids is 1. The van der Waals surface area contributed by atoms with E-state index in [1.165, 1.54) is 0 Å². The molecule has 2 aromatic heterocycles. The Kier molecular flexibility index (Phi) is 4.41. The molecule has 1 amide bonds. The number of hydrogen-bond donors (Lipinski definition) is 1. The molecule has 0 aliphatic rings. The first-order valence-electron chi connectivity index (χ1n) is 8.00. The molecule has 0 atom stereocenters. The number of benzene rings is 2. The van der Waals surface area contributed by atoms with Crippen LogP contribution in [0.2, 0.25) is 5.02 Å². The lowest BCUT2D eigenvalue weighted by Crippen LogP contribution is -2.24. The summed E-state index contributed by atoms with van der Waals surface area (Å²) in [6, 6.07) is 16.5. The van der Waals surface area contributed by atoms with Crippen LogP contribution >= 0.6 is 11.6 Å². The van der Waals surface area contributed by atoms with Gasteiger partial charge in [-0.05, 0) is 36.4 Å². The summed E-state index contributed by atoms with van der Waals surface area (Å²) < 4.78 is 10.5. The summed E-state index contributed by atoms with van der Waals surface area (Å²) in [5.41, 5.74) is 2.78. The third kappa shape index (κ3) is 3.45. The molecule has 0 unspecified atom stereocenters. The quantitative estimate of drug-likeness (QED) is 0.576. The van der Waals surface area contributed by atoms with Crippen LogP contribution in [-0.4, -0.2) is 16.2 Å². The van der Waals surface area contributed by atoms with Crippen LogP contribution in [0.3, 0.4) is 0 Å². The zero-order chi connectivity index (χ0) is 17.9. The van der Waals surface area contributed by atoms with Crippen molar-refractivity contribution in [1.29, 1.82) is 0 Å². The minimum Gasteiger partial charge on any atom is -0.356 e. The monoisotopic (exact) mass is 367 g/mol. The second kappa shape index (κ2) is 7.01. The van der Waals surface area contributed by atoms with Gasteiger partial charge in [0.05, 0.1) is 13.0 Å². The molecule has 0 saturated carbocycles. The number of nitrogens with zero attached hydrogens (tertiary/aromatic N) is 2. The smallest absolute Gasteiger partial charge is 0.226 e. The number of carbonyl (C=O) groups is 1. The Morgan fingerprint density at radius 2 is 1.85 bits per heavy atom. The average molecular weight is 368 g/mol. The van der Waals surface area contributed by atoms with Crippen LogP contribution in [0.4, 0.5) is 0 Å². The Morgan fingerprint density at radius 1 is 1.04 bits per heavy atom. The SMILES string of the molecule is O=C(Cc1noc2ccccc12)NCc1cc(-c2ccc(Cl)cc2)on1. The first-order valence-corrected chi connectivity index (χ1v) is 8.38. The lowest BCUT2D eigenvalue weighted by atomic mass is 10.1. The van der Waals surface area contributed by atoms with Gasteiger partial charge >= 0.3 is 0 Å². The maximum atomic E-state index is 12.2. The Hall–Kier alpha value is -3.12. The van der Waals surface area contributed by atoms with Gasteiger partial charge in [0.1, 0.15) is 11.4 Å². The van der Waals surface area contributed by atoms with E-state index in [1.54, 1.807) is 18.2 Å². The molecule has 7 heteroatoms. The van der Waals surface area contributed by atoms with Crippen molar-refractivity contribution in [3.63, 3.8) is 0 Å². The summed E-state index contributed by atoms with van der Waals surface area (Å²) in [6.45, 7) is 0.270. The molecule has 0 radical (unpaired) electrons. The topological polar surface area (TPSA) is 81.2 Å². The van der Waals surface area contributed by atoms with E-state index in [1.807, 2.05) is 36.4 Å². The van der Waals surface area contributed by atoms with Gasteiger partial charge in [0.2, 0.25) is 5.91 Å². The van der Waals surface area contributed by atoms with Gasteiger partial charge in [0.15, 0.2) is 11.3 Å². The van der Waals surface area contributed by atoms with Gasteiger partial charge in [0.25, 0.3) is 0 Å². The number of halogens is 1. The summed E-state index contributed by atoms with van der Waals surface area (Å²) in [5.74, 6) is 0.452. The van der Waals surface area contributed by atoms with Crippen molar-refractivity contribution in [3.8, 4) is 11.3 Å². The van der Waals surface area contributed by atoms with Crippen LogP contribution in [0.1, 0.15) is 11.4 Å². The molecule has 130 valence electrons. The molecule has 0 bridgehead atoms. The molecule has 1 N–H and O–H groups in total. The zero-order valence-electron chi connectivity index (χ0n) is 13.6. The molecule has 4 aromatic rings. The molecular formula is C19H14ClN3O3. The van der Waals surface area contributed by atoms with E-state index >= 15 is 0 Å². The van der Waals surface area contributed by atoms with Crippen molar-refractivity contribution in [3.05, 3.63) is 71.0 Å². The molecule has 0 saturated heterocycles. The molecule has 6 nitrogen and oxygen atoms in total. The predicted molar refractivity (Wildman–Crippen MR) is 96.5 cm³/mol. The molecular weight excluding hydrogens is 354 g/mol. The van der Waals surface area contributed by atoms with Crippen molar-refractivity contribution in [2.24, 2.45) is 0 Å². The number of para-hydroxylation sites is 1. The highest BCUT2D eigenvalue weighted by Crippen LogP contribution is 2.22. The van der Waals surface area contributed by atoms with Gasteiger partial charge in [-0.15, -0.1) is 0 Å².